The Morgan fingerprint density at radius 2 is 1.28 bits per heavy atom. The summed E-state index contributed by atoms with van der Waals surface area (Å²) in [6, 6.07) is 15.6. The van der Waals surface area contributed by atoms with E-state index < -0.39 is 5.60 Å². The minimum absolute atomic E-state index is 0.765. The average molecular weight is 534 g/mol. The van der Waals surface area contributed by atoms with Crippen LogP contribution in [0.4, 0.5) is 0 Å². The number of hydrogen-bond acceptors (Lipinski definition) is 5. The van der Waals surface area contributed by atoms with Gasteiger partial charge >= 0.3 is 0 Å². The third-order valence-electron chi connectivity index (χ3n) is 6.16. The van der Waals surface area contributed by atoms with Gasteiger partial charge in [0, 0.05) is 18.0 Å². The summed E-state index contributed by atoms with van der Waals surface area (Å²) in [6.45, 7) is 7.87. The summed E-state index contributed by atoms with van der Waals surface area (Å²) in [5.74, 6) is 13.2. The smallest absolute Gasteiger partial charge is 0.120 e. The Bertz CT molecular complexity index is 1450. The van der Waals surface area contributed by atoms with E-state index in [1.807, 2.05) is 48.5 Å². The summed E-state index contributed by atoms with van der Waals surface area (Å²) >= 11 is 1.65. The van der Waals surface area contributed by atoms with Crippen molar-refractivity contribution in [3.8, 4) is 46.5 Å². The molecular formula is C34H35N3OS. The molecule has 4 nitrogen and oxygen atoms in total. The minimum atomic E-state index is -1.04. The second kappa shape index (κ2) is 13.3. The highest BCUT2D eigenvalue weighted by atomic mass is 32.1. The number of unbranched alkanes of at least 4 members (excludes halogenated alkanes) is 2. The van der Waals surface area contributed by atoms with Crippen LogP contribution >= 0.6 is 11.3 Å². The van der Waals surface area contributed by atoms with Gasteiger partial charge < -0.3 is 5.11 Å². The van der Waals surface area contributed by atoms with Crippen molar-refractivity contribution in [2.24, 2.45) is 0 Å². The topological polar surface area (TPSA) is 58.9 Å². The highest BCUT2D eigenvalue weighted by Crippen LogP contribution is 2.31. The van der Waals surface area contributed by atoms with Gasteiger partial charge in [0.05, 0.1) is 32.5 Å². The first kappa shape index (κ1) is 28.2. The van der Waals surface area contributed by atoms with E-state index in [0.29, 0.717) is 0 Å². The van der Waals surface area contributed by atoms with E-state index in [9.17, 15) is 5.11 Å². The van der Waals surface area contributed by atoms with Gasteiger partial charge in [-0.15, -0.1) is 11.3 Å². The van der Waals surface area contributed by atoms with Gasteiger partial charge in [-0.25, -0.2) is 4.98 Å². The van der Waals surface area contributed by atoms with Crippen LogP contribution in [-0.4, -0.2) is 25.7 Å². The number of rotatable bonds is 8. The highest BCUT2D eigenvalue weighted by molar-refractivity contribution is 7.13. The molecule has 5 heteroatoms. The molecule has 0 aliphatic heterocycles. The van der Waals surface area contributed by atoms with Gasteiger partial charge in [0.2, 0.25) is 0 Å². The number of thiophene rings is 1. The molecule has 0 saturated heterocycles. The second-order valence-corrected chi connectivity index (χ2v) is 11.1. The molecule has 0 amide bonds. The number of aliphatic hydroxyl groups is 1. The molecule has 0 spiro atoms. The van der Waals surface area contributed by atoms with E-state index in [2.05, 4.69) is 47.5 Å². The van der Waals surface area contributed by atoms with Gasteiger partial charge in [-0.05, 0) is 87.1 Å². The first-order valence-corrected chi connectivity index (χ1v) is 14.5. The number of aromatic nitrogens is 3. The number of pyridine rings is 3. The Kier molecular flexibility index (Phi) is 9.66. The van der Waals surface area contributed by atoms with Crippen molar-refractivity contribution < 1.29 is 5.11 Å². The molecule has 0 unspecified atom stereocenters. The van der Waals surface area contributed by atoms with Crippen molar-refractivity contribution in [1.29, 1.82) is 0 Å². The molecule has 4 rings (SSSR count). The molecule has 39 heavy (non-hydrogen) atoms. The summed E-state index contributed by atoms with van der Waals surface area (Å²) in [6.07, 6.45) is 9.95. The Morgan fingerprint density at radius 1 is 0.744 bits per heavy atom. The standard InChI is InChI=1S/C34H35N3OS/c1-5-7-13-26-27(14-8-6-2)33(19-20-34(3,4)38)39-32(26)18-17-25-23-30(28-15-9-11-21-35-28)37-31(24-25)29-16-10-12-22-36-29/h9-12,15-16,21-24,38H,5-8,13-14H2,1-4H3. The molecule has 0 fully saturated rings. The lowest BCUT2D eigenvalue weighted by molar-refractivity contribution is 0.143. The van der Waals surface area contributed by atoms with Crippen LogP contribution in [0.15, 0.2) is 60.9 Å². The fourth-order valence-electron chi connectivity index (χ4n) is 4.17. The first-order valence-electron chi connectivity index (χ1n) is 13.6. The molecule has 0 aliphatic rings. The summed E-state index contributed by atoms with van der Waals surface area (Å²) in [4.78, 5) is 16.0. The van der Waals surface area contributed by atoms with Gasteiger partial charge in [-0.2, -0.15) is 0 Å². The van der Waals surface area contributed by atoms with Crippen molar-refractivity contribution in [2.45, 2.75) is 71.8 Å². The van der Waals surface area contributed by atoms with E-state index in [1.165, 1.54) is 11.1 Å². The molecule has 0 aromatic carbocycles. The van der Waals surface area contributed by atoms with Gasteiger partial charge in [0.15, 0.2) is 0 Å². The SMILES string of the molecule is CCCCc1c(C#Cc2cc(-c3ccccn3)nc(-c3ccccn3)c2)sc(C#CC(C)(C)O)c1CCCC. The molecule has 4 aromatic rings. The Morgan fingerprint density at radius 3 is 1.74 bits per heavy atom. The zero-order valence-electron chi connectivity index (χ0n) is 23.2. The van der Waals surface area contributed by atoms with Crippen LogP contribution in [0.3, 0.4) is 0 Å². The lowest BCUT2D eigenvalue weighted by Gasteiger charge is -2.07. The van der Waals surface area contributed by atoms with Crippen molar-refractivity contribution in [2.75, 3.05) is 0 Å². The Hall–Kier alpha value is -3.77. The van der Waals surface area contributed by atoms with Gasteiger partial charge in [-0.1, -0.05) is 62.5 Å². The van der Waals surface area contributed by atoms with Crippen molar-refractivity contribution in [1.82, 2.24) is 15.0 Å². The van der Waals surface area contributed by atoms with Crippen LogP contribution in [0, 0.1) is 23.7 Å². The minimum Gasteiger partial charge on any atom is -0.378 e. The zero-order valence-corrected chi connectivity index (χ0v) is 24.0. The molecule has 0 radical (unpaired) electrons. The lowest BCUT2D eigenvalue weighted by atomic mass is 9.98. The van der Waals surface area contributed by atoms with E-state index >= 15 is 0 Å². The monoisotopic (exact) mass is 533 g/mol. The first-order chi connectivity index (χ1) is 18.9. The maximum absolute atomic E-state index is 10.2. The Labute approximate surface area is 236 Å². The van der Waals surface area contributed by atoms with Gasteiger partial charge in [0.25, 0.3) is 0 Å². The summed E-state index contributed by atoms with van der Waals surface area (Å²) in [7, 11) is 0. The lowest BCUT2D eigenvalue weighted by Crippen LogP contribution is -2.14. The van der Waals surface area contributed by atoms with Crippen LogP contribution < -0.4 is 0 Å². The van der Waals surface area contributed by atoms with E-state index in [0.717, 1.165) is 76.6 Å². The van der Waals surface area contributed by atoms with Crippen molar-refractivity contribution in [3.05, 3.63) is 87.4 Å². The van der Waals surface area contributed by atoms with E-state index in [-0.39, 0.29) is 0 Å². The summed E-state index contributed by atoms with van der Waals surface area (Å²) in [5, 5.41) is 10.2. The molecule has 1 N–H and O–H groups in total. The molecule has 0 saturated carbocycles. The quantitative estimate of drug-likeness (QED) is 0.239. The fraction of sp³-hybridized carbons (Fsp3) is 0.324. The molecule has 0 bridgehead atoms. The zero-order chi connectivity index (χ0) is 27.7. The predicted octanol–water partition coefficient (Wildman–Crippen LogP) is 7.47. The normalized spacial score (nSPS) is 10.9. The van der Waals surface area contributed by atoms with Gasteiger partial charge in [0.1, 0.15) is 5.60 Å². The van der Waals surface area contributed by atoms with E-state index in [1.54, 1.807) is 37.6 Å². The molecule has 0 atom stereocenters. The second-order valence-electron chi connectivity index (χ2n) is 10.0. The molecule has 198 valence electrons. The summed E-state index contributed by atoms with van der Waals surface area (Å²) in [5.41, 5.74) is 5.55. The number of nitrogens with zero attached hydrogens (tertiary/aromatic N) is 3. The highest BCUT2D eigenvalue weighted by Gasteiger charge is 2.17. The maximum atomic E-state index is 10.2. The maximum Gasteiger partial charge on any atom is 0.120 e. The third kappa shape index (κ3) is 7.87. The molecule has 4 aromatic heterocycles. The van der Waals surface area contributed by atoms with Crippen LogP contribution in [0.1, 0.15) is 79.8 Å². The predicted molar refractivity (Wildman–Crippen MR) is 161 cm³/mol. The number of hydrogen-bond donors (Lipinski definition) is 1. The summed E-state index contributed by atoms with van der Waals surface area (Å²) < 4.78 is 0. The van der Waals surface area contributed by atoms with E-state index in [4.69, 9.17) is 4.98 Å². The average Bonchev–Trinajstić information content (AvgIpc) is 3.29. The molecule has 4 heterocycles. The van der Waals surface area contributed by atoms with Gasteiger partial charge in [-0.3, -0.25) is 9.97 Å². The van der Waals surface area contributed by atoms with Crippen LogP contribution in [0.2, 0.25) is 0 Å². The Balaban J connectivity index is 1.83. The van der Waals surface area contributed by atoms with Crippen LogP contribution in [0.25, 0.3) is 22.8 Å². The van der Waals surface area contributed by atoms with Crippen LogP contribution in [0.5, 0.6) is 0 Å². The van der Waals surface area contributed by atoms with Crippen molar-refractivity contribution in [3.63, 3.8) is 0 Å². The fourth-order valence-corrected chi connectivity index (χ4v) is 5.27. The largest absolute Gasteiger partial charge is 0.378 e. The third-order valence-corrected chi connectivity index (χ3v) is 7.26. The molecule has 0 aliphatic carbocycles. The van der Waals surface area contributed by atoms with Crippen LogP contribution in [-0.2, 0) is 12.8 Å². The van der Waals surface area contributed by atoms with Crippen molar-refractivity contribution >= 4 is 11.3 Å². The molecular weight excluding hydrogens is 498 g/mol.